The van der Waals surface area contributed by atoms with Crippen LogP contribution in [0.5, 0.6) is 0 Å². The van der Waals surface area contributed by atoms with Crippen molar-refractivity contribution >= 4 is 0 Å². The van der Waals surface area contributed by atoms with E-state index in [1.165, 1.54) is 12.1 Å². The van der Waals surface area contributed by atoms with E-state index in [4.69, 9.17) is 0 Å². The van der Waals surface area contributed by atoms with Crippen molar-refractivity contribution in [1.82, 2.24) is 14.8 Å². The highest BCUT2D eigenvalue weighted by molar-refractivity contribution is 5.61. The lowest BCUT2D eigenvalue weighted by atomic mass is 9.52. The molecule has 1 aromatic carbocycles. The van der Waals surface area contributed by atoms with Gasteiger partial charge in [-0.3, -0.25) is 0 Å². The van der Waals surface area contributed by atoms with Gasteiger partial charge in [0, 0.05) is 24.4 Å². The fourth-order valence-corrected chi connectivity index (χ4v) is 5.70. The fourth-order valence-electron chi connectivity index (χ4n) is 5.70. The number of halogens is 5. The van der Waals surface area contributed by atoms with E-state index in [0.29, 0.717) is 6.42 Å². The van der Waals surface area contributed by atoms with Gasteiger partial charge in [0.15, 0.2) is 5.82 Å². The van der Waals surface area contributed by atoms with E-state index in [9.17, 15) is 22.0 Å². The van der Waals surface area contributed by atoms with Crippen LogP contribution in [0.3, 0.4) is 0 Å². The molecule has 0 N–H and O–H groups in total. The first kappa shape index (κ1) is 22.2. The van der Waals surface area contributed by atoms with Crippen LogP contribution in [-0.2, 0) is 18.6 Å². The number of hydrogen-bond acceptors (Lipinski definition) is 2. The first-order chi connectivity index (χ1) is 14.4. The second kappa shape index (κ2) is 7.55. The Hall–Kier alpha value is -1.99. The Labute approximate surface area is 179 Å². The summed E-state index contributed by atoms with van der Waals surface area (Å²) in [5.74, 6) is -1.65. The molecule has 1 aromatic heterocycles. The zero-order chi connectivity index (χ0) is 22.5. The van der Waals surface area contributed by atoms with Crippen molar-refractivity contribution in [1.29, 1.82) is 0 Å². The number of fused-ring (bicyclic) bond motifs is 3. The van der Waals surface area contributed by atoms with Gasteiger partial charge in [-0.1, -0.05) is 18.2 Å². The zero-order valence-electron chi connectivity index (χ0n) is 17.9. The van der Waals surface area contributed by atoms with Crippen LogP contribution < -0.4 is 0 Å². The normalized spacial score (nSPS) is 26.4. The highest BCUT2D eigenvalue weighted by Gasteiger charge is 2.51. The molecule has 5 rings (SSSR count). The van der Waals surface area contributed by atoms with E-state index in [0.717, 1.165) is 63.8 Å². The van der Waals surface area contributed by atoms with Crippen LogP contribution in [0.2, 0.25) is 0 Å². The lowest BCUT2D eigenvalue weighted by Gasteiger charge is -2.53. The Bertz CT molecular complexity index is 917. The summed E-state index contributed by atoms with van der Waals surface area (Å²) in [6.45, 7) is 0.972. The quantitative estimate of drug-likeness (QED) is 0.456. The molecular formula is C23H28F5N3. The van der Waals surface area contributed by atoms with Crippen molar-refractivity contribution in [2.75, 3.05) is 0 Å². The SMILES string of the molecule is Cn1c(-c2ccccc2C(F)(F)F)nnc1C12CCC(CCCC(C)(F)F)(CC1)CC2. The number of benzene rings is 1. The maximum Gasteiger partial charge on any atom is 0.417 e. The van der Waals surface area contributed by atoms with Gasteiger partial charge < -0.3 is 4.57 Å². The van der Waals surface area contributed by atoms with Crippen LogP contribution in [0.4, 0.5) is 22.0 Å². The summed E-state index contributed by atoms with van der Waals surface area (Å²) in [7, 11) is 1.74. The van der Waals surface area contributed by atoms with Gasteiger partial charge in [-0.25, -0.2) is 8.78 Å². The Morgan fingerprint density at radius 2 is 1.55 bits per heavy atom. The minimum atomic E-state index is -4.47. The van der Waals surface area contributed by atoms with Crippen LogP contribution in [0.25, 0.3) is 11.4 Å². The van der Waals surface area contributed by atoms with Gasteiger partial charge in [0.1, 0.15) is 5.82 Å². The maximum atomic E-state index is 13.5. The number of alkyl halides is 5. The van der Waals surface area contributed by atoms with Crippen molar-refractivity contribution in [3.8, 4) is 11.4 Å². The summed E-state index contributed by atoms with van der Waals surface area (Å²) < 4.78 is 68.6. The van der Waals surface area contributed by atoms with Crippen LogP contribution in [0.1, 0.15) is 76.1 Å². The number of hydrogen-bond donors (Lipinski definition) is 0. The molecule has 0 unspecified atom stereocenters. The second-order valence-electron chi connectivity index (χ2n) is 9.65. The molecule has 0 atom stereocenters. The number of nitrogens with zero attached hydrogens (tertiary/aromatic N) is 3. The molecule has 31 heavy (non-hydrogen) atoms. The molecule has 3 nitrogen and oxygen atoms in total. The van der Waals surface area contributed by atoms with E-state index < -0.39 is 17.7 Å². The van der Waals surface area contributed by atoms with Crippen molar-refractivity contribution < 1.29 is 22.0 Å². The average molecular weight is 441 g/mol. The summed E-state index contributed by atoms with van der Waals surface area (Å²) in [4.78, 5) is 0. The van der Waals surface area contributed by atoms with Gasteiger partial charge in [0.25, 0.3) is 0 Å². The number of rotatable bonds is 6. The molecule has 3 aliphatic carbocycles. The Morgan fingerprint density at radius 3 is 2.13 bits per heavy atom. The van der Waals surface area contributed by atoms with Crippen molar-refractivity contribution in [2.24, 2.45) is 12.5 Å². The molecule has 3 saturated carbocycles. The molecule has 0 amide bonds. The Kier molecular flexibility index (Phi) is 5.41. The van der Waals surface area contributed by atoms with Gasteiger partial charge in [-0.05, 0) is 69.8 Å². The predicted molar refractivity (Wildman–Crippen MR) is 108 cm³/mol. The number of aromatic nitrogens is 3. The molecule has 0 saturated heterocycles. The highest BCUT2D eigenvalue weighted by Crippen LogP contribution is 2.59. The molecule has 2 bridgehead atoms. The van der Waals surface area contributed by atoms with Gasteiger partial charge >= 0.3 is 6.18 Å². The summed E-state index contributed by atoms with van der Waals surface area (Å²) in [6.07, 6.45) is 2.27. The monoisotopic (exact) mass is 441 g/mol. The Morgan fingerprint density at radius 1 is 0.935 bits per heavy atom. The summed E-state index contributed by atoms with van der Waals surface area (Å²) in [5, 5.41) is 8.54. The lowest BCUT2D eigenvalue weighted by Crippen LogP contribution is -2.45. The van der Waals surface area contributed by atoms with Crippen molar-refractivity contribution in [3.63, 3.8) is 0 Å². The molecule has 0 aliphatic heterocycles. The van der Waals surface area contributed by atoms with Crippen LogP contribution in [0.15, 0.2) is 24.3 Å². The summed E-state index contributed by atoms with van der Waals surface area (Å²) >= 11 is 0. The van der Waals surface area contributed by atoms with E-state index in [1.807, 2.05) is 0 Å². The smallest absolute Gasteiger partial charge is 0.314 e. The summed E-state index contributed by atoms with van der Waals surface area (Å²) in [6, 6.07) is 5.45. The molecule has 170 valence electrons. The van der Waals surface area contributed by atoms with Crippen LogP contribution in [-0.4, -0.2) is 20.7 Å². The maximum absolute atomic E-state index is 13.5. The van der Waals surface area contributed by atoms with Gasteiger partial charge in [0.05, 0.1) is 5.56 Å². The molecule has 2 aromatic rings. The molecule has 8 heteroatoms. The molecule has 1 heterocycles. The highest BCUT2D eigenvalue weighted by atomic mass is 19.4. The van der Waals surface area contributed by atoms with Gasteiger partial charge in [-0.2, -0.15) is 13.2 Å². The third-order valence-electron chi connectivity index (χ3n) is 7.55. The molecule has 0 spiro atoms. The first-order valence-corrected chi connectivity index (χ1v) is 10.9. The van der Waals surface area contributed by atoms with Crippen molar-refractivity contribution in [3.05, 3.63) is 35.7 Å². The van der Waals surface area contributed by atoms with E-state index in [1.54, 1.807) is 17.7 Å². The zero-order valence-corrected chi connectivity index (χ0v) is 17.9. The largest absolute Gasteiger partial charge is 0.417 e. The second-order valence-corrected chi connectivity index (χ2v) is 9.65. The summed E-state index contributed by atoms with van der Waals surface area (Å²) in [5.41, 5.74) is -0.747. The van der Waals surface area contributed by atoms with Crippen LogP contribution >= 0.6 is 0 Å². The standard InChI is InChI=1S/C23H28F5N3/c1-20(24,25)8-5-9-21-10-13-22(14-11-21,15-12-21)19-30-29-18(31(19)2)16-6-3-4-7-17(16)23(26,27)28/h3-4,6-7H,5,8-15H2,1-2H3. The predicted octanol–water partition coefficient (Wildman–Crippen LogP) is 6.92. The molecule has 3 aliphatic rings. The third-order valence-corrected chi connectivity index (χ3v) is 7.55. The molecule has 0 radical (unpaired) electrons. The van der Waals surface area contributed by atoms with Gasteiger partial charge in [0.2, 0.25) is 5.92 Å². The lowest BCUT2D eigenvalue weighted by molar-refractivity contribution is -0.137. The average Bonchev–Trinajstić information content (AvgIpc) is 3.10. The fraction of sp³-hybridized carbons (Fsp3) is 0.652. The minimum absolute atomic E-state index is 0.0362. The van der Waals surface area contributed by atoms with Crippen molar-refractivity contribution in [2.45, 2.75) is 82.2 Å². The topological polar surface area (TPSA) is 30.7 Å². The van der Waals surface area contributed by atoms with Crippen LogP contribution in [0, 0.1) is 5.41 Å². The minimum Gasteiger partial charge on any atom is -0.314 e. The third kappa shape index (κ3) is 4.22. The van der Waals surface area contributed by atoms with E-state index in [-0.39, 0.29) is 28.6 Å². The van der Waals surface area contributed by atoms with E-state index >= 15 is 0 Å². The van der Waals surface area contributed by atoms with E-state index in [2.05, 4.69) is 10.2 Å². The molecular weight excluding hydrogens is 413 g/mol. The van der Waals surface area contributed by atoms with Gasteiger partial charge in [-0.15, -0.1) is 10.2 Å². The Balaban J connectivity index is 1.55. The molecule has 3 fully saturated rings. The first-order valence-electron chi connectivity index (χ1n) is 10.9.